The number of rotatable bonds is 3. The number of hydrogen-bond acceptors (Lipinski definition) is 6. The topological polar surface area (TPSA) is 104 Å². The highest BCUT2D eigenvalue weighted by Gasteiger charge is 2.58. The lowest BCUT2D eigenvalue weighted by Gasteiger charge is -2.46. The predicted octanol–water partition coefficient (Wildman–Crippen LogP) is 1.87. The maximum atomic E-state index is 12.8. The Kier molecular flexibility index (Phi) is 5.27. The minimum absolute atomic E-state index is 0.0907. The first-order valence-electron chi connectivity index (χ1n) is 10.4. The van der Waals surface area contributed by atoms with Gasteiger partial charge in [0.2, 0.25) is 5.79 Å². The molecule has 1 aromatic heterocycles. The van der Waals surface area contributed by atoms with E-state index in [-0.39, 0.29) is 6.61 Å². The maximum Gasteiger partial charge on any atom is 0.416 e. The van der Waals surface area contributed by atoms with Gasteiger partial charge in [0.1, 0.15) is 24.4 Å². The minimum atomic E-state index is -4.40. The van der Waals surface area contributed by atoms with E-state index >= 15 is 0 Å². The summed E-state index contributed by atoms with van der Waals surface area (Å²) in [5, 5.41) is 41.6. The molecular weight excluding hydrogens is 443 g/mol. The van der Waals surface area contributed by atoms with Crippen molar-refractivity contribution in [2.75, 3.05) is 6.61 Å². The summed E-state index contributed by atoms with van der Waals surface area (Å²) >= 11 is 0. The lowest BCUT2D eigenvalue weighted by molar-refractivity contribution is -0.368. The van der Waals surface area contributed by atoms with Crippen molar-refractivity contribution in [3.63, 3.8) is 0 Å². The molecule has 5 atom stereocenters. The number of ether oxygens (including phenoxy) is 2. The summed E-state index contributed by atoms with van der Waals surface area (Å²) < 4.78 is 51.9. The van der Waals surface area contributed by atoms with Crippen LogP contribution in [-0.2, 0) is 34.6 Å². The summed E-state index contributed by atoms with van der Waals surface area (Å²) in [6, 6.07) is 10.4. The zero-order chi connectivity index (χ0) is 23.5. The van der Waals surface area contributed by atoms with Gasteiger partial charge < -0.3 is 34.5 Å². The molecule has 7 nitrogen and oxygen atoms in total. The van der Waals surface area contributed by atoms with Gasteiger partial charge in [0.15, 0.2) is 0 Å². The third-order valence-electron chi connectivity index (χ3n) is 6.40. The lowest BCUT2D eigenvalue weighted by atomic mass is 9.87. The van der Waals surface area contributed by atoms with Crippen LogP contribution in [0.2, 0.25) is 0 Å². The van der Waals surface area contributed by atoms with Crippen LogP contribution in [0, 0.1) is 0 Å². The second-order valence-corrected chi connectivity index (χ2v) is 8.43. The van der Waals surface area contributed by atoms with Crippen LogP contribution in [0.25, 0.3) is 10.9 Å². The van der Waals surface area contributed by atoms with Crippen molar-refractivity contribution in [2.45, 2.75) is 49.5 Å². The van der Waals surface area contributed by atoms with Crippen molar-refractivity contribution in [1.82, 2.24) is 4.57 Å². The minimum Gasteiger partial charge on any atom is -0.394 e. The van der Waals surface area contributed by atoms with Crippen LogP contribution in [0.1, 0.15) is 22.3 Å². The van der Waals surface area contributed by atoms with Crippen LogP contribution in [0.3, 0.4) is 0 Å². The Hall–Kier alpha value is -2.47. The first-order valence-corrected chi connectivity index (χ1v) is 10.4. The molecule has 1 fully saturated rings. The monoisotopic (exact) mass is 465 g/mol. The number of benzene rings is 2. The van der Waals surface area contributed by atoms with E-state index in [1.807, 2.05) is 16.7 Å². The van der Waals surface area contributed by atoms with Crippen molar-refractivity contribution in [1.29, 1.82) is 0 Å². The first-order chi connectivity index (χ1) is 15.6. The van der Waals surface area contributed by atoms with Crippen LogP contribution in [-0.4, -0.2) is 56.0 Å². The van der Waals surface area contributed by atoms with Gasteiger partial charge in [0, 0.05) is 23.8 Å². The summed E-state index contributed by atoms with van der Waals surface area (Å²) in [4.78, 5) is 0. The van der Waals surface area contributed by atoms with E-state index in [2.05, 4.69) is 0 Å². The van der Waals surface area contributed by atoms with Gasteiger partial charge in [-0.3, -0.25) is 0 Å². The van der Waals surface area contributed by atoms with E-state index in [1.165, 1.54) is 12.1 Å². The highest BCUT2D eigenvalue weighted by Crippen LogP contribution is 2.47. The normalized spacial score (nSPS) is 29.7. The molecule has 3 aromatic rings. The number of aromatic nitrogens is 1. The summed E-state index contributed by atoms with van der Waals surface area (Å²) in [7, 11) is 0. The average Bonchev–Trinajstić information content (AvgIpc) is 3.35. The second kappa shape index (κ2) is 7.79. The first kappa shape index (κ1) is 22.3. The quantitative estimate of drug-likeness (QED) is 0.471. The molecule has 176 valence electrons. The summed E-state index contributed by atoms with van der Waals surface area (Å²) in [5.74, 6) is -1.76. The Labute approximate surface area is 186 Å². The Morgan fingerprint density at radius 2 is 1.76 bits per heavy atom. The average molecular weight is 465 g/mol. The summed E-state index contributed by atoms with van der Waals surface area (Å²) in [5.41, 5.74) is 1.84. The van der Waals surface area contributed by atoms with Gasteiger partial charge in [-0.1, -0.05) is 12.1 Å². The molecule has 2 aliphatic rings. The smallest absolute Gasteiger partial charge is 0.394 e. The molecule has 4 N–H and O–H groups in total. The van der Waals surface area contributed by atoms with Crippen LogP contribution in [0.5, 0.6) is 0 Å². The van der Waals surface area contributed by atoms with E-state index in [4.69, 9.17) is 9.47 Å². The zero-order valence-corrected chi connectivity index (χ0v) is 17.2. The largest absolute Gasteiger partial charge is 0.416 e. The number of fused-ring (bicyclic) bond motifs is 3. The third-order valence-corrected chi connectivity index (χ3v) is 6.40. The van der Waals surface area contributed by atoms with E-state index in [1.54, 1.807) is 12.3 Å². The lowest BCUT2D eigenvalue weighted by Crippen LogP contribution is -2.63. The summed E-state index contributed by atoms with van der Waals surface area (Å²) in [6.07, 6.45) is -8.46. The number of hydrogen-bond donors (Lipinski definition) is 4. The number of aliphatic hydroxyl groups excluding tert-OH is 4. The van der Waals surface area contributed by atoms with Crippen molar-refractivity contribution in [3.05, 3.63) is 70.9 Å². The molecule has 1 saturated heterocycles. The Bertz CT molecular complexity index is 1180. The molecule has 0 bridgehead atoms. The van der Waals surface area contributed by atoms with E-state index < -0.39 is 48.5 Å². The molecule has 0 aliphatic carbocycles. The maximum absolute atomic E-state index is 12.8. The summed E-state index contributed by atoms with van der Waals surface area (Å²) in [6.45, 7) is -0.191. The van der Waals surface area contributed by atoms with Gasteiger partial charge in [-0.2, -0.15) is 13.2 Å². The fourth-order valence-electron chi connectivity index (χ4n) is 4.61. The highest BCUT2D eigenvalue weighted by atomic mass is 19.4. The molecule has 0 radical (unpaired) electrons. The molecule has 33 heavy (non-hydrogen) atoms. The van der Waals surface area contributed by atoms with Crippen molar-refractivity contribution in [2.24, 2.45) is 0 Å². The Morgan fingerprint density at radius 1 is 1.03 bits per heavy atom. The van der Waals surface area contributed by atoms with Gasteiger partial charge in [0.05, 0.1) is 18.8 Å². The van der Waals surface area contributed by atoms with Crippen molar-refractivity contribution >= 4 is 10.9 Å². The zero-order valence-electron chi connectivity index (χ0n) is 17.2. The van der Waals surface area contributed by atoms with E-state index in [0.717, 1.165) is 23.0 Å². The molecule has 0 saturated carbocycles. The van der Waals surface area contributed by atoms with Gasteiger partial charge >= 0.3 is 6.18 Å². The standard InChI is InChI=1S/C23H22F3NO6/c24-23(25,26)15-3-1-12(2-4-15)9-27-6-5-13-7-14-11-32-22(16(14)8-17(13)27)21(31)20(30)19(29)18(10-28)33-22/h1-8,18-21,28-31H,9-11H2/t18-,19-,20+,21-,22+/m1/s1. The van der Waals surface area contributed by atoms with Crippen LogP contribution < -0.4 is 0 Å². The molecule has 2 aliphatic heterocycles. The van der Waals surface area contributed by atoms with Crippen LogP contribution in [0.15, 0.2) is 48.7 Å². The van der Waals surface area contributed by atoms with Crippen molar-refractivity contribution in [3.8, 4) is 0 Å². The fourth-order valence-corrected chi connectivity index (χ4v) is 4.61. The number of halogens is 3. The Balaban J connectivity index is 1.52. The number of aliphatic hydroxyl groups is 4. The van der Waals surface area contributed by atoms with E-state index in [0.29, 0.717) is 23.2 Å². The highest BCUT2D eigenvalue weighted by molar-refractivity contribution is 5.82. The van der Waals surface area contributed by atoms with Gasteiger partial charge in [-0.25, -0.2) is 0 Å². The second-order valence-electron chi connectivity index (χ2n) is 8.43. The predicted molar refractivity (Wildman–Crippen MR) is 109 cm³/mol. The third kappa shape index (κ3) is 3.54. The molecule has 0 unspecified atom stereocenters. The fraction of sp³-hybridized carbons (Fsp3) is 0.391. The Morgan fingerprint density at radius 3 is 2.42 bits per heavy atom. The molecule has 10 heteroatoms. The molecule has 1 spiro atoms. The SMILES string of the molecule is OC[C@H]1O[C@]2(OCc3cc4ccn(Cc5ccc(C(F)(F)F)cc5)c4cc32)[C@H](O)[C@@H](O)[C@@H]1O. The van der Waals surface area contributed by atoms with Crippen LogP contribution >= 0.6 is 0 Å². The molecule has 3 heterocycles. The van der Waals surface area contributed by atoms with Gasteiger partial charge in [-0.15, -0.1) is 0 Å². The molecular formula is C23H22F3NO6. The van der Waals surface area contributed by atoms with Crippen molar-refractivity contribution < 1.29 is 43.1 Å². The van der Waals surface area contributed by atoms with Gasteiger partial charge in [0.25, 0.3) is 0 Å². The van der Waals surface area contributed by atoms with Gasteiger partial charge in [-0.05, 0) is 46.8 Å². The van der Waals surface area contributed by atoms with E-state index in [9.17, 15) is 33.6 Å². The molecule has 2 aromatic carbocycles. The number of nitrogens with zero attached hydrogens (tertiary/aromatic N) is 1. The molecule has 0 amide bonds. The number of alkyl halides is 3. The van der Waals surface area contributed by atoms with Crippen LogP contribution in [0.4, 0.5) is 13.2 Å². The molecule has 5 rings (SSSR count).